The Kier molecular flexibility index (Phi) is 3.09. The molecule has 2 rings (SSSR count). The predicted molar refractivity (Wildman–Crippen MR) is 63.9 cm³/mol. The van der Waals surface area contributed by atoms with Crippen molar-refractivity contribution >= 4 is 11.7 Å². The zero-order chi connectivity index (χ0) is 12.3. The fourth-order valence-corrected chi connectivity index (χ4v) is 1.55. The maximum Gasteiger partial charge on any atom is 0.340 e. The summed E-state index contributed by atoms with van der Waals surface area (Å²) in [4.78, 5) is 11.7. The number of para-hydroxylation sites is 1. The van der Waals surface area contributed by atoms with Gasteiger partial charge >= 0.3 is 5.97 Å². The topological polar surface area (TPSA) is 70.1 Å². The summed E-state index contributed by atoms with van der Waals surface area (Å²) >= 11 is 0. The van der Waals surface area contributed by atoms with Gasteiger partial charge in [-0.2, -0.15) is 5.10 Å². The minimum absolute atomic E-state index is 0.324. The van der Waals surface area contributed by atoms with Crippen LogP contribution < -0.4 is 5.73 Å². The van der Waals surface area contributed by atoms with E-state index in [9.17, 15) is 4.79 Å². The molecule has 1 aromatic heterocycles. The van der Waals surface area contributed by atoms with Crippen LogP contribution in [0.2, 0.25) is 0 Å². The Morgan fingerprint density at radius 1 is 1.47 bits per heavy atom. The molecular weight excluding hydrogens is 218 g/mol. The normalized spacial score (nSPS) is 10.2. The molecule has 0 unspecified atom stereocenters. The molecule has 0 spiro atoms. The number of esters is 1. The monoisotopic (exact) mass is 231 g/mol. The van der Waals surface area contributed by atoms with Gasteiger partial charge in [0, 0.05) is 12.4 Å². The number of hydrogen-bond acceptors (Lipinski definition) is 4. The van der Waals surface area contributed by atoms with Crippen LogP contribution in [0.4, 0.5) is 5.69 Å². The van der Waals surface area contributed by atoms with E-state index in [-0.39, 0.29) is 0 Å². The molecule has 5 nitrogen and oxygen atoms in total. The van der Waals surface area contributed by atoms with Crippen LogP contribution in [0.1, 0.15) is 17.3 Å². The maximum atomic E-state index is 11.7. The quantitative estimate of drug-likeness (QED) is 0.643. The van der Waals surface area contributed by atoms with E-state index < -0.39 is 5.97 Å². The number of benzene rings is 1. The Morgan fingerprint density at radius 3 is 2.94 bits per heavy atom. The van der Waals surface area contributed by atoms with Gasteiger partial charge in [-0.05, 0) is 25.1 Å². The van der Waals surface area contributed by atoms with Gasteiger partial charge in [-0.1, -0.05) is 6.07 Å². The standard InChI is InChI=1S/C12H13N3O2/c1-2-17-12(16)9-5-3-6-10(11(9)13)15-8-4-7-14-15/h3-8H,2,13H2,1H3. The molecule has 0 saturated heterocycles. The first-order valence-electron chi connectivity index (χ1n) is 5.29. The highest BCUT2D eigenvalue weighted by atomic mass is 16.5. The summed E-state index contributed by atoms with van der Waals surface area (Å²) in [7, 11) is 0. The Hall–Kier alpha value is -2.30. The Balaban J connectivity index is 2.44. The summed E-state index contributed by atoms with van der Waals surface area (Å²) in [6.07, 6.45) is 3.41. The van der Waals surface area contributed by atoms with Gasteiger partial charge < -0.3 is 10.5 Å². The molecule has 0 fully saturated rings. The second-order valence-corrected chi connectivity index (χ2v) is 3.41. The van der Waals surface area contributed by atoms with Crippen LogP contribution in [0, 0.1) is 0 Å². The summed E-state index contributed by atoms with van der Waals surface area (Å²) < 4.78 is 6.54. The molecule has 0 aliphatic rings. The van der Waals surface area contributed by atoms with Gasteiger partial charge in [-0.15, -0.1) is 0 Å². The molecule has 1 heterocycles. The highest BCUT2D eigenvalue weighted by molar-refractivity contribution is 5.97. The number of nitrogen functional groups attached to an aromatic ring is 1. The van der Waals surface area contributed by atoms with Crippen molar-refractivity contribution in [2.75, 3.05) is 12.3 Å². The van der Waals surface area contributed by atoms with E-state index in [1.807, 2.05) is 0 Å². The van der Waals surface area contributed by atoms with E-state index in [1.54, 1.807) is 48.3 Å². The van der Waals surface area contributed by atoms with Crippen molar-refractivity contribution in [3.8, 4) is 5.69 Å². The van der Waals surface area contributed by atoms with Crippen molar-refractivity contribution in [3.05, 3.63) is 42.2 Å². The number of nitrogens with zero attached hydrogens (tertiary/aromatic N) is 2. The molecule has 17 heavy (non-hydrogen) atoms. The Labute approximate surface area is 98.8 Å². The summed E-state index contributed by atoms with van der Waals surface area (Å²) in [6, 6.07) is 6.97. The van der Waals surface area contributed by atoms with Crippen molar-refractivity contribution in [1.29, 1.82) is 0 Å². The van der Waals surface area contributed by atoms with Crippen LogP contribution in [-0.2, 0) is 4.74 Å². The fourth-order valence-electron chi connectivity index (χ4n) is 1.55. The van der Waals surface area contributed by atoms with Crippen molar-refractivity contribution < 1.29 is 9.53 Å². The van der Waals surface area contributed by atoms with Gasteiger partial charge in [0.25, 0.3) is 0 Å². The molecule has 88 valence electrons. The zero-order valence-corrected chi connectivity index (χ0v) is 9.46. The molecule has 0 atom stereocenters. The molecule has 2 aromatic rings. The molecule has 1 aromatic carbocycles. The van der Waals surface area contributed by atoms with Crippen LogP contribution in [0.5, 0.6) is 0 Å². The van der Waals surface area contributed by atoms with E-state index in [0.717, 1.165) is 0 Å². The van der Waals surface area contributed by atoms with Crippen molar-refractivity contribution in [3.63, 3.8) is 0 Å². The molecule has 2 N–H and O–H groups in total. The van der Waals surface area contributed by atoms with E-state index >= 15 is 0 Å². The lowest BCUT2D eigenvalue weighted by atomic mass is 10.1. The van der Waals surface area contributed by atoms with E-state index in [2.05, 4.69) is 5.10 Å². The van der Waals surface area contributed by atoms with Crippen LogP contribution >= 0.6 is 0 Å². The second-order valence-electron chi connectivity index (χ2n) is 3.41. The number of hydrogen-bond donors (Lipinski definition) is 1. The summed E-state index contributed by atoms with van der Waals surface area (Å²) in [5.74, 6) is -0.418. The van der Waals surface area contributed by atoms with Gasteiger partial charge in [-0.25, -0.2) is 9.48 Å². The average molecular weight is 231 g/mol. The van der Waals surface area contributed by atoms with E-state index in [0.29, 0.717) is 23.5 Å². The molecule has 0 aliphatic carbocycles. The smallest absolute Gasteiger partial charge is 0.340 e. The molecule has 0 aliphatic heterocycles. The lowest BCUT2D eigenvalue weighted by Gasteiger charge is -2.10. The highest BCUT2D eigenvalue weighted by Crippen LogP contribution is 2.21. The minimum Gasteiger partial charge on any atom is -0.462 e. The zero-order valence-electron chi connectivity index (χ0n) is 9.46. The first-order chi connectivity index (χ1) is 8.24. The van der Waals surface area contributed by atoms with Crippen LogP contribution in [0.15, 0.2) is 36.7 Å². The average Bonchev–Trinajstić information content (AvgIpc) is 2.83. The van der Waals surface area contributed by atoms with Gasteiger partial charge in [0.2, 0.25) is 0 Å². The number of carbonyl (C=O) groups is 1. The summed E-state index contributed by atoms with van der Waals surface area (Å²) in [5.41, 5.74) is 7.34. The largest absolute Gasteiger partial charge is 0.462 e. The lowest BCUT2D eigenvalue weighted by Crippen LogP contribution is -2.10. The van der Waals surface area contributed by atoms with Crippen molar-refractivity contribution in [2.24, 2.45) is 0 Å². The van der Waals surface area contributed by atoms with E-state index in [1.165, 1.54) is 0 Å². The number of carbonyl (C=O) groups excluding carboxylic acids is 1. The van der Waals surface area contributed by atoms with Crippen LogP contribution in [0.25, 0.3) is 5.69 Å². The predicted octanol–water partition coefficient (Wildman–Crippen LogP) is 1.63. The molecule has 0 amide bonds. The third kappa shape index (κ3) is 2.13. The van der Waals surface area contributed by atoms with Gasteiger partial charge in [-0.3, -0.25) is 0 Å². The SMILES string of the molecule is CCOC(=O)c1cccc(-n2cccn2)c1N. The molecule has 0 saturated carbocycles. The molecular formula is C12H13N3O2. The van der Waals surface area contributed by atoms with Crippen LogP contribution in [-0.4, -0.2) is 22.4 Å². The Bertz CT molecular complexity index is 521. The number of rotatable bonds is 3. The third-order valence-corrected chi connectivity index (χ3v) is 2.33. The fraction of sp³-hybridized carbons (Fsp3) is 0.167. The second kappa shape index (κ2) is 4.69. The maximum absolute atomic E-state index is 11.7. The van der Waals surface area contributed by atoms with Crippen molar-refractivity contribution in [2.45, 2.75) is 6.92 Å². The number of ether oxygens (including phenoxy) is 1. The van der Waals surface area contributed by atoms with Crippen LogP contribution in [0.3, 0.4) is 0 Å². The summed E-state index contributed by atoms with van der Waals surface area (Å²) in [5, 5.41) is 4.08. The van der Waals surface area contributed by atoms with Gasteiger partial charge in [0.05, 0.1) is 23.5 Å². The minimum atomic E-state index is -0.418. The Morgan fingerprint density at radius 2 is 2.29 bits per heavy atom. The molecule has 0 radical (unpaired) electrons. The van der Waals surface area contributed by atoms with Gasteiger partial charge in [0.1, 0.15) is 0 Å². The number of anilines is 1. The molecule has 5 heteroatoms. The molecule has 0 bridgehead atoms. The lowest BCUT2D eigenvalue weighted by molar-refractivity contribution is 0.0527. The number of nitrogens with two attached hydrogens (primary N) is 1. The van der Waals surface area contributed by atoms with Gasteiger partial charge in [0.15, 0.2) is 0 Å². The first kappa shape index (κ1) is 11.2. The first-order valence-corrected chi connectivity index (χ1v) is 5.29. The third-order valence-electron chi connectivity index (χ3n) is 2.33. The highest BCUT2D eigenvalue weighted by Gasteiger charge is 2.14. The van der Waals surface area contributed by atoms with Crippen molar-refractivity contribution in [1.82, 2.24) is 9.78 Å². The van der Waals surface area contributed by atoms with E-state index in [4.69, 9.17) is 10.5 Å². The number of aromatic nitrogens is 2. The summed E-state index contributed by atoms with van der Waals surface area (Å²) in [6.45, 7) is 2.08.